The summed E-state index contributed by atoms with van der Waals surface area (Å²) in [4.78, 5) is 14.4. The molecule has 1 unspecified atom stereocenters. The lowest BCUT2D eigenvalue weighted by Gasteiger charge is -2.21. The first-order chi connectivity index (χ1) is 10.0. The number of amides is 1. The van der Waals surface area contributed by atoms with Crippen molar-refractivity contribution in [2.24, 2.45) is 0 Å². The van der Waals surface area contributed by atoms with Crippen molar-refractivity contribution >= 4 is 5.91 Å². The van der Waals surface area contributed by atoms with Gasteiger partial charge in [-0.15, -0.1) is 0 Å². The SMILES string of the molecule is COc1cc(F)ccc1[C@H](C)NC(=O)CC1CCCN1C. The molecule has 0 radical (unpaired) electrons. The summed E-state index contributed by atoms with van der Waals surface area (Å²) < 4.78 is 18.4. The van der Waals surface area contributed by atoms with E-state index in [0.717, 1.165) is 24.9 Å². The zero-order valence-electron chi connectivity index (χ0n) is 12.9. The molecule has 0 saturated carbocycles. The second kappa shape index (κ2) is 6.89. The Morgan fingerprint density at radius 3 is 2.95 bits per heavy atom. The van der Waals surface area contributed by atoms with Gasteiger partial charge in [0.2, 0.25) is 5.91 Å². The van der Waals surface area contributed by atoms with Crippen LogP contribution in [0.3, 0.4) is 0 Å². The third kappa shape index (κ3) is 3.94. The number of rotatable bonds is 5. The standard InChI is InChI=1S/C16H23FN2O2/c1-11(14-7-6-12(17)9-15(14)21-3)18-16(20)10-13-5-4-8-19(13)2/h6-7,9,11,13H,4-5,8,10H2,1-3H3,(H,18,20)/t11-,13?/m0/s1. The predicted octanol–water partition coefficient (Wildman–Crippen LogP) is 2.50. The Kier molecular flexibility index (Phi) is 5.17. The van der Waals surface area contributed by atoms with Gasteiger partial charge >= 0.3 is 0 Å². The van der Waals surface area contributed by atoms with E-state index in [0.29, 0.717) is 18.2 Å². The van der Waals surface area contributed by atoms with Crippen molar-refractivity contribution in [2.45, 2.75) is 38.3 Å². The summed E-state index contributed by atoms with van der Waals surface area (Å²) in [6, 6.07) is 4.49. The Hall–Kier alpha value is -1.62. The molecular weight excluding hydrogens is 271 g/mol. The van der Waals surface area contributed by atoms with Crippen LogP contribution in [-0.2, 0) is 4.79 Å². The number of methoxy groups -OCH3 is 1. The first-order valence-corrected chi connectivity index (χ1v) is 7.34. The molecule has 116 valence electrons. The average molecular weight is 294 g/mol. The Morgan fingerprint density at radius 1 is 1.57 bits per heavy atom. The van der Waals surface area contributed by atoms with Gasteiger partial charge in [-0.2, -0.15) is 0 Å². The highest BCUT2D eigenvalue weighted by atomic mass is 19.1. The lowest BCUT2D eigenvalue weighted by atomic mass is 10.1. The summed E-state index contributed by atoms with van der Waals surface area (Å²) in [7, 11) is 3.55. The maximum absolute atomic E-state index is 13.2. The third-order valence-corrected chi connectivity index (χ3v) is 4.13. The Labute approximate surface area is 125 Å². The fourth-order valence-electron chi connectivity index (χ4n) is 2.87. The van der Waals surface area contributed by atoms with Gasteiger partial charge in [-0.3, -0.25) is 4.79 Å². The number of carbonyl (C=O) groups excluding carboxylic acids is 1. The number of hydrogen-bond acceptors (Lipinski definition) is 3. The average Bonchev–Trinajstić information content (AvgIpc) is 2.83. The molecule has 1 saturated heterocycles. The lowest BCUT2D eigenvalue weighted by molar-refractivity contribution is -0.122. The minimum Gasteiger partial charge on any atom is -0.496 e. The molecule has 5 heteroatoms. The van der Waals surface area contributed by atoms with Crippen LogP contribution < -0.4 is 10.1 Å². The zero-order chi connectivity index (χ0) is 15.4. The van der Waals surface area contributed by atoms with Crippen LogP contribution in [0.5, 0.6) is 5.75 Å². The lowest BCUT2D eigenvalue weighted by Crippen LogP contribution is -2.34. The summed E-state index contributed by atoms with van der Waals surface area (Å²) in [5.41, 5.74) is 0.784. The van der Waals surface area contributed by atoms with E-state index in [4.69, 9.17) is 4.74 Å². The summed E-state index contributed by atoms with van der Waals surface area (Å²) in [5.74, 6) is 0.134. The second-order valence-corrected chi connectivity index (χ2v) is 5.66. The van der Waals surface area contributed by atoms with Gasteiger partial charge in [-0.25, -0.2) is 4.39 Å². The molecule has 1 aliphatic rings. The van der Waals surface area contributed by atoms with E-state index in [1.165, 1.54) is 19.2 Å². The summed E-state index contributed by atoms with van der Waals surface area (Å²) >= 11 is 0. The van der Waals surface area contributed by atoms with Crippen molar-refractivity contribution in [3.63, 3.8) is 0 Å². The number of ether oxygens (including phenoxy) is 1. The van der Waals surface area contributed by atoms with E-state index >= 15 is 0 Å². The van der Waals surface area contributed by atoms with Crippen LogP contribution in [-0.4, -0.2) is 37.6 Å². The monoisotopic (exact) mass is 294 g/mol. The normalized spacial score (nSPS) is 20.3. The van der Waals surface area contributed by atoms with E-state index in [-0.39, 0.29) is 17.8 Å². The molecule has 1 fully saturated rings. The van der Waals surface area contributed by atoms with Gasteiger partial charge in [0.25, 0.3) is 0 Å². The molecule has 1 N–H and O–H groups in total. The van der Waals surface area contributed by atoms with Crippen molar-refractivity contribution < 1.29 is 13.9 Å². The van der Waals surface area contributed by atoms with Gasteiger partial charge in [-0.05, 0) is 39.4 Å². The molecule has 21 heavy (non-hydrogen) atoms. The number of halogens is 1. The van der Waals surface area contributed by atoms with E-state index in [2.05, 4.69) is 17.3 Å². The van der Waals surface area contributed by atoms with Crippen LogP contribution in [0.1, 0.15) is 37.8 Å². The fraction of sp³-hybridized carbons (Fsp3) is 0.562. The highest BCUT2D eigenvalue weighted by molar-refractivity contribution is 5.77. The molecule has 0 bridgehead atoms. The van der Waals surface area contributed by atoms with E-state index in [1.807, 2.05) is 6.92 Å². The smallest absolute Gasteiger partial charge is 0.222 e. The summed E-state index contributed by atoms with van der Waals surface area (Å²) in [6.45, 7) is 2.94. The Bertz CT molecular complexity index is 507. The van der Waals surface area contributed by atoms with E-state index in [1.54, 1.807) is 6.07 Å². The Balaban J connectivity index is 1.97. The van der Waals surface area contributed by atoms with Gasteiger partial charge in [-0.1, -0.05) is 6.07 Å². The van der Waals surface area contributed by atoms with Gasteiger partial charge < -0.3 is 15.0 Å². The highest BCUT2D eigenvalue weighted by Gasteiger charge is 2.24. The minimum absolute atomic E-state index is 0.0210. The maximum atomic E-state index is 13.2. The third-order valence-electron chi connectivity index (χ3n) is 4.13. The van der Waals surface area contributed by atoms with Gasteiger partial charge in [0, 0.05) is 24.1 Å². The molecule has 0 aliphatic carbocycles. The number of benzene rings is 1. The van der Waals surface area contributed by atoms with Crippen LogP contribution in [0.4, 0.5) is 4.39 Å². The molecular formula is C16H23FN2O2. The summed E-state index contributed by atoms with van der Waals surface area (Å²) in [6.07, 6.45) is 2.72. The maximum Gasteiger partial charge on any atom is 0.222 e. The van der Waals surface area contributed by atoms with Crippen molar-refractivity contribution in [3.8, 4) is 5.75 Å². The molecule has 1 aliphatic heterocycles. The summed E-state index contributed by atoms with van der Waals surface area (Å²) in [5, 5.41) is 2.97. The van der Waals surface area contributed by atoms with E-state index < -0.39 is 0 Å². The number of nitrogens with zero attached hydrogens (tertiary/aromatic N) is 1. The topological polar surface area (TPSA) is 41.6 Å². The quantitative estimate of drug-likeness (QED) is 0.907. The first kappa shape index (κ1) is 15.8. The van der Waals surface area contributed by atoms with Crippen LogP contribution in [0.2, 0.25) is 0 Å². The predicted molar refractivity (Wildman–Crippen MR) is 79.8 cm³/mol. The van der Waals surface area contributed by atoms with Crippen molar-refractivity contribution in [1.82, 2.24) is 10.2 Å². The van der Waals surface area contributed by atoms with Crippen LogP contribution >= 0.6 is 0 Å². The second-order valence-electron chi connectivity index (χ2n) is 5.66. The molecule has 1 aromatic carbocycles. The number of likely N-dealkylation sites (tertiary alicyclic amines) is 1. The molecule has 4 nitrogen and oxygen atoms in total. The van der Waals surface area contributed by atoms with Gasteiger partial charge in [0.15, 0.2) is 0 Å². The first-order valence-electron chi connectivity index (χ1n) is 7.34. The molecule has 1 aromatic rings. The van der Waals surface area contributed by atoms with E-state index in [9.17, 15) is 9.18 Å². The van der Waals surface area contributed by atoms with Crippen molar-refractivity contribution in [3.05, 3.63) is 29.6 Å². The Morgan fingerprint density at radius 2 is 2.33 bits per heavy atom. The van der Waals surface area contributed by atoms with Crippen molar-refractivity contribution in [2.75, 3.05) is 20.7 Å². The zero-order valence-corrected chi connectivity index (χ0v) is 12.9. The van der Waals surface area contributed by atoms with Crippen LogP contribution in [0.15, 0.2) is 18.2 Å². The number of carbonyl (C=O) groups is 1. The fourth-order valence-corrected chi connectivity index (χ4v) is 2.87. The molecule has 1 amide bonds. The largest absolute Gasteiger partial charge is 0.496 e. The van der Waals surface area contributed by atoms with Crippen LogP contribution in [0, 0.1) is 5.82 Å². The van der Waals surface area contributed by atoms with Gasteiger partial charge in [0.05, 0.1) is 13.2 Å². The number of hydrogen-bond donors (Lipinski definition) is 1. The molecule has 2 atom stereocenters. The number of nitrogens with one attached hydrogen (secondary N) is 1. The minimum atomic E-state index is -0.346. The van der Waals surface area contributed by atoms with Crippen LogP contribution in [0.25, 0.3) is 0 Å². The highest BCUT2D eigenvalue weighted by Crippen LogP contribution is 2.26. The molecule has 0 spiro atoms. The molecule has 0 aromatic heterocycles. The molecule has 2 rings (SSSR count). The molecule has 1 heterocycles. The van der Waals surface area contributed by atoms with Crippen molar-refractivity contribution in [1.29, 1.82) is 0 Å². The van der Waals surface area contributed by atoms with Gasteiger partial charge in [0.1, 0.15) is 11.6 Å².